The van der Waals surface area contributed by atoms with Crippen molar-refractivity contribution in [2.75, 3.05) is 12.4 Å². The number of carbonyl (C=O) groups excluding carboxylic acids is 2. The molecule has 9 heteroatoms. The summed E-state index contributed by atoms with van der Waals surface area (Å²) in [6, 6.07) is 8.86. The van der Waals surface area contributed by atoms with Crippen LogP contribution in [0.2, 0.25) is 0 Å². The van der Waals surface area contributed by atoms with Crippen LogP contribution >= 0.6 is 0 Å². The maximum absolute atomic E-state index is 11.9. The zero-order valence-electron chi connectivity index (χ0n) is 12.7. The van der Waals surface area contributed by atoms with Crippen LogP contribution in [0.25, 0.3) is 0 Å². The highest BCUT2D eigenvalue weighted by molar-refractivity contribution is 6.39. The Balaban J connectivity index is 2.04. The Morgan fingerprint density at radius 2 is 2.04 bits per heavy atom. The number of amides is 2. The van der Waals surface area contributed by atoms with Crippen molar-refractivity contribution < 1.29 is 19.2 Å². The molecule has 0 fully saturated rings. The summed E-state index contributed by atoms with van der Waals surface area (Å²) in [6.45, 7) is 0.0825. The van der Waals surface area contributed by atoms with E-state index in [4.69, 9.17) is 4.74 Å². The van der Waals surface area contributed by atoms with Gasteiger partial charge in [0.25, 0.3) is 5.69 Å². The summed E-state index contributed by atoms with van der Waals surface area (Å²) in [5.41, 5.74) is 0.385. The number of nitro benzene ring substituents is 1. The van der Waals surface area contributed by atoms with Gasteiger partial charge in [-0.25, -0.2) is 0 Å². The quantitative estimate of drug-likeness (QED) is 0.483. The van der Waals surface area contributed by atoms with Crippen molar-refractivity contribution in [2.45, 2.75) is 6.54 Å². The van der Waals surface area contributed by atoms with Crippen LogP contribution < -0.4 is 15.4 Å². The van der Waals surface area contributed by atoms with Gasteiger partial charge in [-0.2, -0.15) is 0 Å². The molecule has 0 bridgehead atoms. The van der Waals surface area contributed by atoms with E-state index in [-0.39, 0.29) is 23.7 Å². The van der Waals surface area contributed by atoms with Crippen molar-refractivity contribution in [3.05, 3.63) is 58.4 Å². The van der Waals surface area contributed by atoms with E-state index < -0.39 is 16.7 Å². The van der Waals surface area contributed by atoms with Gasteiger partial charge in [-0.1, -0.05) is 6.07 Å². The Morgan fingerprint density at radius 1 is 1.25 bits per heavy atom. The van der Waals surface area contributed by atoms with Crippen molar-refractivity contribution >= 4 is 23.2 Å². The summed E-state index contributed by atoms with van der Waals surface area (Å²) in [4.78, 5) is 37.9. The Kier molecular flexibility index (Phi) is 5.40. The number of rotatable bonds is 5. The van der Waals surface area contributed by atoms with Crippen molar-refractivity contribution in [1.82, 2.24) is 10.3 Å². The lowest BCUT2D eigenvalue weighted by molar-refractivity contribution is -0.384. The minimum atomic E-state index is -0.968. The Labute approximate surface area is 136 Å². The number of anilines is 1. The van der Waals surface area contributed by atoms with Crippen LogP contribution in [0.5, 0.6) is 5.75 Å². The lowest BCUT2D eigenvalue weighted by atomic mass is 10.2. The van der Waals surface area contributed by atoms with Crippen LogP contribution in [0.15, 0.2) is 42.6 Å². The first kappa shape index (κ1) is 16.9. The number of non-ortho nitro benzene ring substituents is 1. The maximum Gasteiger partial charge on any atom is 0.313 e. The van der Waals surface area contributed by atoms with E-state index in [1.807, 2.05) is 0 Å². The van der Waals surface area contributed by atoms with Gasteiger partial charge < -0.3 is 15.4 Å². The van der Waals surface area contributed by atoms with Gasteiger partial charge in [0, 0.05) is 18.3 Å². The summed E-state index contributed by atoms with van der Waals surface area (Å²) < 4.78 is 5.01. The predicted octanol–water partition coefficient (Wildman–Crippen LogP) is 1.25. The smallest absolute Gasteiger partial charge is 0.313 e. The number of hydrogen-bond acceptors (Lipinski definition) is 6. The number of nitro groups is 1. The molecule has 2 rings (SSSR count). The average molecular weight is 330 g/mol. The lowest BCUT2D eigenvalue weighted by Crippen LogP contribution is -2.35. The zero-order valence-corrected chi connectivity index (χ0v) is 12.7. The fourth-order valence-electron chi connectivity index (χ4n) is 1.84. The van der Waals surface area contributed by atoms with Gasteiger partial charge in [0.2, 0.25) is 0 Å². The molecule has 0 aliphatic carbocycles. The number of hydrogen-bond donors (Lipinski definition) is 2. The van der Waals surface area contributed by atoms with Crippen LogP contribution in [0, 0.1) is 10.1 Å². The molecule has 0 spiro atoms. The van der Waals surface area contributed by atoms with E-state index in [1.165, 1.54) is 19.2 Å². The van der Waals surface area contributed by atoms with Gasteiger partial charge in [-0.3, -0.25) is 24.7 Å². The van der Waals surface area contributed by atoms with Gasteiger partial charge in [-0.05, 0) is 18.2 Å². The van der Waals surface area contributed by atoms with Gasteiger partial charge in [0.15, 0.2) is 0 Å². The molecule has 0 saturated carbocycles. The van der Waals surface area contributed by atoms with Crippen LogP contribution in [-0.2, 0) is 16.1 Å². The third-order valence-electron chi connectivity index (χ3n) is 3.00. The van der Waals surface area contributed by atoms with Crippen LogP contribution in [-0.4, -0.2) is 28.8 Å². The number of nitrogens with one attached hydrogen (secondary N) is 2. The summed E-state index contributed by atoms with van der Waals surface area (Å²) >= 11 is 0. The molecule has 0 radical (unpaired) electrons. The second-order valence-electron chi connectivity index (χ2n) is 4.60. The monoisotopic (exact) mass is 330 g/mol. The van der Waals surface area contributed by atoms with E-state index in [2.05, 4.69) is 15.6 Å². The van der Waals surface area contributed by atoms with E-state index in [9.17, 15) is 19.7 Å². The summed E-state index contributed by atoms with van der Waals surface area (Å²) in [7, 11) is 1.35. The molecule has 1 aromatic heterocycles. The number of benzene rings is 1. The van der Waals surface area contributed by atoms with Crippen molar-refractivity contribution in [1.29, 1.82) is 0 Å². The highest BCUT2D eigenvalue weighted by Crippen LogP contribution is 2.28. The van der Waals surface area contributed by atoms with Crippen molar-refractivity contribution in [2.24, 2.45) is 0 Å². The Morgan fingerprint density at radius 3 is 2.67 bits per heavy atom. The first-order valence-corrected chi connectivity index (χ1v) is 6.82. The van der Waals surface area contributed by atoms with Crippen molar-refractivity contribution in [3.8, 4) is 5.75 Å². The minimum absolute atomic E-state index is 0.0321. The summed E-state index contributed by atoms with van der Waals surface area (Å²) in [5.74, 6) is -1.66. The molecule has 0 aliphatic rings. The van der Waals surface area contributed by atoms with Gasteiger partial charge >= 0.3 is 11.8 Å². The summed E-state index contributed by atoms with van der Waals surface area (Å²) in [5, 5.41) is 15.5. The molecule has 1 heterocycles. The molecule has 9 nitrogen and oxygen atoms in total. The lowest BCUT2D eigenvalue weighted by Gasteiger charge is -2.10. The second kappa shape index (κ2) is 7.68. The largest absolute Gasteiger partial charge is 0.495 e. The van der Waals surface area contributed by atoms with Crippen LogP contribution in [0.3, 0.4) is 0 Å². The van der Waals surface area contributed by atoms with Gasteiger partial charge in [0.05, 0.1) is 30.0 Å². The minimum Gasteiger partial charge on any atom is -0.495 e. The zero-order chi connectivity index (χ0) is 17.5. The Bertz CT molecular complexity index is 764. The molecule has 0 saturated heterocycles. The Hall–Kier alpha value is -3.49. The molecule has 2 N–H and O–H groups in total. The number of nitrogens with zero attached hydrogens (tertiary/aromatic N) is 2. The van der Waals surface area contributed by atoms with E-state index in [1.54, 1.807) is 24.4 Å². The van der Waals surface area contributed by atoms with Gasteiger partial charge in [-0.15, -0.1) is 0 Å². The standard InChI is InChI=1S/C15H14N4O5/c1-24-13-6-5-11(19(22)23)8-12(13)18-15(21)14(20)17-9-10-4-2-3-7-16-10/h2-8H,9H2,1H3,(H,17,20)(H,18,21). The first-order valence-electron chi connectivity index (χ1n) is 6.82. The number of pyridine rings is 1. The van der Waals surface area contributed by atoms with E-state index in [0.29, 0.717) is 5.69 Å². The highest BCUT2D eigenvalue weighted by atomic mass is 16.6. The van der Waals surface area contributed by atoms with Gasteiger partial charge in [0.1, 0.15) is 5.75 Å². The first-order chi connectivity index (χ1) is 11.5. The topological polar surface area (TPSA) is 123 Å². The molecule has 0 unspecified atom stereocenters. The molecule has 0 aliphatic heterocycles. The van der Waals surface area contributed by atoms with E-state index in [0.717, 1.165) is 6.07 Å². The molecule has 0 atom stereocenters. The average Bonchev–Trinajstić information content (AvgIpc) is 2.60. The molecule has 1 aromatic carbocycles. The molecule has 24 heavy (non-hydrogen) atoms. The number of ether oxygens (including phenoxy) is 1. The predicted molar refractivity (Wildman–Crippen MR) is 84.4 cm³/mol. The molecule has 2 amide bonds. The number of aromatic nitrogens is 1. The number of carbonyl (C=O) groups is 2. The fraction of sp³-hybridized carbons (Fsp3) is 0.133. The van der Waals surface area contributed by atoms with E-state index >= 15 is 0 Å². The third-order valence-corrected chi connectivity index (χ3v) is 3.00. The van der Waals surface area contributed by atoms with Crippen molar-refractivity contribution in [3.63, 3.8) is 0 Å². The molecule has 124 valence electrons. The van der Waals surface area contributed by atoms with Crippen LogP contribution in [0.1, 0.15) is 5.69 Å². The SMILES string of the molecule is COc1ccc([N+](=O)[O-])cc1NC(=O)C(=O)NCc1ccccn1. The maximum atomic E-state index is 11.9. The molecule has 2 aromatic rings. The normalized spacial score (nSPS) is 9.88. The fourth-order valence-corrected chi connectivity index (χ4v) is 1.84. The summed E-state index contributed by atoms with van der Waals surface area (Å²) in [6.07, 6.45) is 1.57. The molecular formula is C15H14N4O5. The highest BCUT2D eigenvalue weighted by Gasteiger charge is 2.18. The molecular weight excluding hydrogens is 316 g/mol. The number of methoxy groups -OCH3 is 1. The second-order valence-corrected chi connectivity index (χ2v) is 4.60. The third kappa shape index (κ3) is 4.26. The van der Waals surface area contributed by atoms with Crippen LogP contribution in [0.4, 0.5) is 11.4 Å².